The summed E-state index contributed by atoms with van der Waals surface area (Å²) in [5, 5.41) is 8.43. The molecular formula is C16H26N4O3. The number of aromatic nitrogens is 3. The number of ether oxygens (including phenoxy) is 2. The summed E-state index contributed by atoms with van der Waals surface area (Å²) in [6, 6.07) is 0. The number of piperidine rings is 1. The van der Waals surface area contributed by atoms with E-state index in [1.165, 1.54) is 0 Å². The lowest BCUT2D eigenvalue weighted by Crippen LogP contribution is -2.52. The van der Waals surface area contributed by atoms with Gasteiger partial charge in [0.25, 0.3) is 0 Å². The van der Waals surface area contributed by atoms with Crippen molar-refractivity contribution in [2.24, 2.45) is 5.92 Å². The van der Waals surface area contributed by atoms with Crippen LogP contribution in [0.3, 0.4) is 0 Å². The maximum absolute atomic E-state index is 12.2. The third-order valence-electron chi connectivity index (χ3n) is 4.76. The highest BCUT2D eigenvalue weighted by atomic mass is 16.5. The summed E-state index contributed by atoms with van der Waals surface area (Å²) in [7, 11) is 1.65. The van der Waals surface area contributed by atoms with E-state index >= 15 is 0 Å². The smallest absolute Gasteiger partial charge is 0.222 e. The van der Waals surface area contributed by atoms with E-state index in [4.69, 9.17) is 9.47 Å². The van der Waals surface area contributed by atoms with Gasteiger partial charge in [0.15, 0.2) is 0 Å². The number of hydrogen-bond acceptors (Lipinski definition) is 5. The molecule has 0 aliphatic carbocycles. The van der Waals surface area contributed by atoms with Gasteiger partial charge in [-0.05, 0) is 18.8 Å². The van der Waals surface area contributed by atoms with Crippen molar-refractivity contribution in [1.29, 1.82) is 0 Å². The molecule has 0 atom stereocenters. The third-order valence-corrected chi connectivity index (χ3v) is 4.76. The normalized spacial score (nSPS) is 20.1. The Morgan fingerprint density at radius 3 is 2.78 bits per heavy atom. The third kappa shape index (κ3) is 3.40. The second-order valence-electron chi connectivity index (χ2n) is 7.02. The average Bonchev–Trinajstić information content (AvgIpc) is 2.89. The van der Waals surface area contributed by atoms with Crippen molar-refractivity contribution in [3.63, 3.8) is 0 Å². The van der Waals surface area contributed by atoms with E-state index in [1.807, 2.05) is 9.58 Å². The van der Waals surface area contributed by atoms with Crippen LogP contribution in [-0.4, -0.2) is 51.6 Å². The molecule has 0 aromatic carbocycles. The van der Waals surface area contributed by atoms with E-state index in [-0.39, 0.29) is 11.5 Å². The molecule has 0 bridgehead atoms. The standard InChI is InChI=1S/C16H26N4O3/c1-12(2)8-15(21)19-6-4-16(5-7-19)11-20-14(10-23-16)13(9-22-3)17-18-20/h12H,4-11H2,1-3H3. The Morgan fingerprint density at radius 1 is 1.39 bits per heavy atom. The van der Waals surface area contributed by atoms with Crippen LogP contribution >= 0.6 is 0 Å². The van der Waals surface area contributed by atoms with Crippen LogP contribution in [0.2, 0.25) is 0 Å². The lowest BCUT2D eigenvalue weighted by molar-refractivity contribution is -0.146. The van der Waals surface area contributed by atoms with Crippen LogP contribution in [0, 0.1) is 5.92 Å². The van der Waals surface area contributed by atoms with Crippen LogP contribution < -0.4 is 0 Å². The first-order chi connectivity index (χ1) is 11.0. The van der Waals surface area contributed by atoms with Gasteiger partial charge in [0, 0.05) is 26.6 Å². The van der Waals surface area contributed by atoms with Gasteiger partial charge in [-0.25, -0.2) is 4.68 Å². The van der Waals surface area contributed by atoms with E-state index in [9.17, 15) is 4.79 Å². The fourth-order valence-corrected chi connectivity index (χ4v) is 3.39. The van der Waals surface area contributed by atoms with Gasteiger partial charge in [0.1, 0.15) is 5.69 Å². The highest BCUT2D eigenvalue weighted by Gasteiger charge is 2.41. The highest BCUT2D eigenvalue weighted by Crippen LogP contribution is 2.33. The van der Waals surface area contributed by atoms with E-state index in [0.717, 1.165) is 37.3 Å². The molecular weight excluding hydrogens is 296 g/mol. The summed E-state index contributed by atoms with van der Waals surface area (Å²) >= 11 is 0. The van der Waals surface area contributed by atoms with Gasteiger partial charge in [-0.15, -0.1) is 5.10 Å². The molecule has 1 aromatic rings. The molecule has 0 saturated carbocycles. The topological polar surface area (TPSA) is 69.5 Å². The number of nitrogens with zero attached hydrogens (tertiary/aromatic N) is 4. The molecule has 1 aromatic heterocycles. The molecule has 2 aliphatic rings. The van der Waals surface area contributed by atoms with Crippen molar-refractivity contribution < 1.29 is 14.3 Å². The van der Waals surface area contributed by atoms with E-state index in [2.05, 4.69) is 24.2 Å². The molecule has 3 rings (SSSR count). The first-order valence-corrected chi connectivity index (χ1v) is 8.35. The molecule has 3 heterocycles. The van der Waals surface area contributed by atoms with Crippen molar-refractivity contribution in [3.8, 4) is 0 Å². The molecule has 128 valence electrons. The first kappa shape index (κ1) is 16.4. The minimum absolute atomic E-state index is 0.209. The molecule has 0 N–H and O–H groups in total. The zero-order chi connectivity index (χ0) is 16.4. The van der Waals surface area contributed by atoms with Crippen LogP contribution in [0.4, 0.5) is 0 Å². The number of methoxy groups -OCH3 is 1. The molecule has 1 amide bonds. The van der Waals surface area contributed by atoms with Gasteiger partial charge < -0.3 is 14.4 Å². The van der Waals surface area contributed by atoms with E-state index in [1.54, 1.807) is 7.11 Å². The second-order valence-corrected chi connectivity index (χ2v) is 7.02. The zero-order valence-corrected chi connectivity index (χ0v) is 14.2. The fraction of sp³-hybridized carbons (Fsp3) is 0.812. The molecule has 1 saturated heterocycles. The minimum Gasteiger partial charge on any atom is -0.378 e. The van der Waals surface area contributed by atoms with Crippen LogP contribution in [-0.2, 0) is 34.0 Å². The van der Waals surface area contributed by atoms with Gasteiger partial charge in [0.05, 0.1) is 31.1 Å². The number of amides is 1. The number of likely N-dealkylation sites (tertiary alicyclic amines) is 1. The molecule has 0 radical (unpaired) electrons. The monoisotopic (exact) mass is 322 g/mol. The second kappa shape index (κ2) is 6.57. The van der Waals surface area contributed by atoms with Gasteiger partial charge >= 0.3 is 0 Å². The van der Waals surface area contributed by atoms with Crippen molar-refractivity contribution in [2.45, 2.75) is 58.5 Å². The average molecular weight is 322 g/mol. The maximum atomic E-state index is 12.2. The molecule has 23 heavy (non-hydrogen) atoms. The quantitative estimate of drug-likeness (QED) is 0.837. The van der Waals surface area contributed by atoms with Crippen LogP contribution in [0.5, 0.6) is 0 Å². The molecule has 2 aliphatic heterocycles. The molecule has 0 unspecified atom stereocenters. The SMILES string of the molecule is COCc1nnn2c1COC1(CCN(C(=O)CC(C)C)CC1)C2. The Hall–Kier alpha value is -1.47. The zero-order valence-electron chi connectivity index (χ0n) is 14.2. The number of fused-ring (bicyclic) bond motifs is 1. The first-order valence-electron chi connectivity index (χ1n) is 8.35. The van der Waals surface area contributed by atoms with Crippen molar-refractivity contribution >= 4 is 5.91 Å². The summed E-state index contributed by atoms with van der Waals surface area (Å²) in [6.45, 7) is 7.38. The minimum atomic E-state index is -0.209. The Bertz CT molecular complexity index is 562. The summed E-state index contributed by atoms with van der Waals surface area (Å²) in [6.07, 6.45) is 2.34. The summed E-state index contributed by atoms with van der Waals surface area (Å²) in [5.74, 6) is 0.663. The van der Waals surface area contributed by atoms with Crippen LogP contribution in [0.1, 0.15) is 44.5 Å². The Morgan fingerprint density at radius 2 is 2.13 bits per heavy atom. The van der Waals surface area contributed by atoms with Gasteiger partial charge in [0.2, 0.25) is 5.91 Å². The van der Waals surface area contributed by atoms with Crippen molar-refractivity contribution in [1.82, 2.24) is 19.9 Å². The molecule has 7 nitrogen and oxygen atoms in total. The maximum Gasteiger partial charge on any atom is 0.222 e. The Balaban J connectivity index is 1.62. The lowest BCUT2D eigenvalue weighted by atomic mass is 9.89. The molecule has 1 spiro atoms. The predicted molar refractivity (Wildman–Crippen MR) is 83.5 cm³/mol. The summed E-state index contributed by atoms with van der Waals surface area (Å²) in [4.78, 5) is 14.2. The number of carbonyl (C=O) groups is 1. The summed E-state index contributed by atoms with van der Waals surface area (Å²) < 4.78 is 13.3. The fourth-order valence-electron chi connectivity index (χ4n) is 3.39. The summed E-state index contributed by atoms with van der Waals surface area (Å²) in [5.41, 5.74) is 1.65. The molecule has 1 fully saturated rings. The number of rotatable bonds is 4. The largest absolute Gasteiger partial charge is 0.378 e. The van der Waals surface area contributed by atoms with Crippen LogP contribution in [0.15, 0.2) is 0 Å². The van der Waals surface area contributed by atoms with Gasteiger partial charge in [-0.2, -0.15) is 0 Å². The van der Waals surface area contributed by atoms with Crippen molar-refractivity contribution in [3.05, 3.63) is 11.4 Å². The predicted octanol–water partition coefficient (Wildman–Crippen LogP) is 1.36. The van der Waals surface area contributed by atoms with Gasteiger partial charge in [-0.3, -0.25) is 4.79 Å². The van der Waals surface area contributed by atoms with Crippen molar-refractivity contribution in [2.75, 3.05) is 20.2 Å². The number of carbonyl (C=O) groups excluding carboxylic acids is 1. The number of hydrogen-bond donors (Lipinski definition) is 0. The van der Waals surface area contributed by atoms with E-state index < -0.39 is 0 Å². The van der Waals surface area contributed by atoms with E-state index in [0.29, 0.717) is 32.1 Å². The lowest BCUT2D eigenvalue weighted by Gasteiger charge is -2.43. The van der Waals surface area contributed by atoms with Gasteiger partial charge in [-0.1, -0.05) is 19.1 Å². The molecule has 7 heteroatoms. The Labute approximate surface area is 136 Å². The Kier molecular flexibility index (Phi) is 4.68. The highest BCUT2D eigenvalue weighted by molar-refractivity contribution is 5.76. The van der Waals surface area contributed by atoms with Crippen LogP contribution in [0.25, 0.3) is 0 Å².